The largest absolute Gasteiger partial charge is 0.288 e. The molecule has 3 heteroatoms. The number of hydrogen-bond acceptors (Lipinski definition) is 1. The highest BCUT2D eigenvalue weighted by molar-refractivity contribution is 5.95. The molecule has 1 heterocycles. The van der Waals surface area contributed by atoms with Crippen molar-refractivity contribution < 1.29 is 4.79 Å². The first kappa shape index (κ1) is 3.12. The third-order valence-electron chi connectivity index (χ3n) is 0.522. The van der Waals surface area contributed by atoms with E-state index in [9.17, 15) is 4.79 Å². The van der Waals surface area contributed by atoms with Crippen molar-refractivity contribution in [1.82, 2.24) is 9.57 Å². The summed E-state index contributed by atoms with van der Waals surface area (Å²) in [7, 11) is 0. The van der Waals surface area contributed by atoms with E-state index in [0.29, 0.717) is 6.41 Å². The van der Waals surface area contributed by atoms with E-state index in [1.54, 1.807) is 0 Å². The summed E-state index contributed by atoms with van der Waals surface area (Å²) in [4.78, 5) is 10.9. The summed E-state index contributed by atoms with van der Waals surface area (Å²) in [5.74, 6) is 0. The normalized spacial score (nSPS) is 14.3. The van der Waals surface area contributed by atoms with Crippen LogP contribution in [-0.2, 0) is 4.79 Å². The number of nitrogens with zero attached hydrogens (tertiary/aromatic N) is 2. The number of carbonyl (C=O) groups excluding carboxylic acids is 1. The second-order valence-electron chi connectivity index (χ2n) is 0.933. The molecule has 30 valence electrons. The van der Waals surface area contributed by atoms with Gasteiger partial charge in [-0.25, -0.2) is 4.67 Å². The fraction of sp³-hybridized carbons (Fsp3) is 0. The van der Waals surface area contributed by atoms with Crippen LogP contribution in [0.2, 0.25) is 0 Å². The summed E-state index contributed by atoms with van der Waals surface area (Å²) in [6, 6.07) is 0. The van der Waals surface area contributed by atoms with Gasteiger partial charge in [-0.3, -0.25) is 4.79 Å². The van der Waals surface area contributed by atoms with Crippen molar-refractivity contribution in [2.24, 2.45) is 0 Å². The first-order valence-corrected chi connectivity index (χ1v) is 1.53. The van der Waals surface area contributed by atoms with Crippen molar-refractivity contribution in [3.8, 4) is 0 Å². The third kappa shape index (κ3) is 0.225. The van der Waals surface area contributed by atoms with Gasteiger partial charge < -0.3 is 0 Å². The van der Waals surface area contributed by atoms with Crippen LogP contribution in [0.4, 0.5) is 0 Å². The number of carbonyl (C=O) groups is 1. The van der Waals surface area contributed by atoms with Crippen LogP contribution in [0.5, 0.6) is 0 Å². The molecule has 1 amide bonds. The van der Waals surface area contributed by atoms with E-state index in [1.165, 1.54) is 17.6 Å². The summed E-state index contributed by atoms with van der Waals surface area (Å²) in [6.45, 7) is 0. The maximum atomic E-state index is 9.59. The zero-order valence-corrected chi connectivity index (χ0v) is 3.03. The summed E-state index contributed by atoms with van der Waals surface area (Å²) >= 11 is 0. The summed E-state index contributed by atoms with van der Waals surface area (Å²) in [5, 5.41) is 0. The molecule has 1 aliphatic rings. The average molecular weight is 83.1 g/mol. The van der Waals surface area contributed by atoms with Gasteiger partial charge in [-0.2, -0.15) is 4.90 Å². The first-order valence-electron chi connectivity index (χ1n) is 1.53. The van der Waals surface area contributed by atoms with Gasteiger partial charge in [-0.05, 0) is 0 Å². The molecule has 0 saturated carbocycles. The van der Waals surface area contributed by atoms with E-state index >= 15 is 0 Å². The topological polar surface area (TPSA) is 34.4 Å². The Balaban J connectivity index is 2.50. The van der Waals surface area contributed by atoms with E-state index in [4.69, 9.17) is 0 Å². The van der Waals surface area contributed by atoms with Crippen LogP contribution in [0.1, 0.15) is 0 Å². The van der Waals surface area contributed by atoms with E-state index < -0.39 is 0 Å². The molecule has 1 rings (SSSR count). The number of hydrogen-bond donors (Lipinski definition) is 0. The smallest absolute Gasteiger partial charge is 0.260 e. The highest BCUT2D eigenvalue weighted by Crippen LogP contribution is 1.66. The molecule has 0 bridgehead atoms. The predicted octanol–water partition coefficient (Wildman–Crippen LogP) is -1.42. The lowest BCUT2D eigenvalue weighted by molar-refractivity contribution is -0.112. The standard InChI is InChI=1S/C3H3N2O/c6-3-5-1-4-2-5/h1-3H/q+1. The fourth-order valence-corrected chi connectivity index (χ4v) is 0.198. The van der Waals surface area contributed by atoms with Gasteiger partial charge in [-0.15, -0.1) is 0 Å². The zero-order chi connectivity index (χ0) is 4.41. The molecule has 1 aliphatic heterocycles. The molecule has 0 spiro atoms. The molecular weight excluding hydrogens is 80.0 g/mol. The van der Waals surface area contributed by atoms with Gasteiger partial charge >= 0.3 is 0 Å². The minimum Gasteiger partial charge on any atom is -0.260 e. The van der Waals surface area contributed by atoms with Crippen LogP contribution in [0.15, 0.2) is 0 Å². The SMILES string of the molecule is O=CN1C=[N+]=C1. The molecular formula is C3H3N2O+. The van der Waals surface area contributed by atoms with Gasteiger partial charge in [0.15, 0.2) is 0 Å². The summed E-state index contributed by atoms with van der Waals surface area (Å²) < 4.78 is 3.51. The van der Waals surface area contributed by atoms with Crippen molar-refractivity contribution in [3.05, 3.63) is 0 Å². The van der Waals surface area contributed by atoms with Gasteiger partial charge in [0.2, 0.25) is 0 Å². The Morgan fingerprint density at radius 2 is 2.33 bits per heavy atom. The van der Waals surface area contributed by atoms with Crippen molar-refractivity contribution in [3.63, 3.8) is 0 Å². The molecule has 0 atom stereocenters. The Kier molecular flexibility index (Phi) is 0.496. The lowest BCUT2D eigenvalue weighted by Crippen LogP contribution is -2.27. The molecule has 0 unspecified atom stereocenters. The molecule has 0 radical (unpaired) electrons. The quantitative estimate of drug-likeness (QED) is 0.283. The molecule has 0 aromatic heterocycles. The Morgan fingerprint density at radius 3 is 2.33 bits per heavy atom. The molecule has 0 aromatic rings. The molecule has 0 aromatic carbocycles. The summed E-state index contributed by atoms with van der Waals surface area (Å²) in [6.07, 6.45) is 3.56. The minimum absolute atomic E-state index is 0.688. The lowest BCUT2D eigenvalue weighted by Gasteiger charge is -1.92. The Bertz CT molecular complexity index is 115. The zero-order valence-electron chi connectivity index (χ0n) is 3.03. The minimum atomic E-state index is 0.688. The fourth-order valence-electron chi connectivity index (χ4n) is 0.198. The molecule has 0 aliphatic carbocycles. The number of rotatable bonds is 1. The molecule has 6 heavy (non-hydrogen) atoms. The highest BCUT2D eigenvalue weighted by atomic mass is 16.1. The van der Waals surface area contributed by atoms with Crippen LogP contribution in [0, 0.1) is 0 Å². The predicted molar refractivity (Wildman–Crippen MR) is 22.2 cm³/mol. The molecule has 0 N–H and O–H groups in total. The van der Waals surface area contributed by atoms with Gasteiger partial charge in [0.25, 0.3) is 19.1 Å². The molecule has 0 saturated heterocycles. The van der Waals surface area contributed by atoms with Crippen LogP contribution in [0.25, 0.3) is 0 Å². The van der Waals surface area contributed by atoms with Crippen molar-refractivity contribution >= 4 is 19.1 Å². The summed E-state index contributed by atoms with van der Waals surface area (Å²) in [5.41, 5.74) is 0. The monoisotopic (exact) mass is 83.0 g/mol. The second-order valence-corrected chi connectivity index (χ2v) is 0.933. The maximum absolute atomic E-state index is 9.59. The van der Waals surface area contributed by atoms with Crippen molar-refractivity contribution in [2.75, 3.05) is 0 Å². The molecule has 3 nitrogen and oxygen atoms in total. The lowest BCUT2D eigenvalue weighted by atomic mass is 10.8. The average Bonchev–Trinajstić information content (AvgIpc) is 1.31. The first-order chi connectivity index (χ1) is 2.93. The number of amides is 1. The van der Waals surface area contributed by atoms with Gasteiger partial charge in [0.1, 0.15) is 0 Å². The molecule has 0 fully saturated rings. The van der Waals surface area contributed by atoms with E-state index in [2.05, 4.69) is 4.67 Å². The third-order valence-corrected chi connectivity index (χ3v) is 0.522. The second kappa shape index (κ2) is 0.954. The Morgan fingerprint density at radius 1 is 1.67 bits per heavy atom. The van der Waals surface area contributed by atoms with Crippen molar-refractivity contribution in [1.29, 1.82) is 0 Å². The van der Waals surface area contributed by atoms with Gasteiger partial charge in [0.05, 0.1) is 0 Å². The van der Waals surface area contributed by atoms with Gasteiger partial charge in [0, 0.05) is 0 Å². The Labute approximate surface area is 34.6 Å². The van der Waals surface area contributed by atoms with E-state index in [-0.39, 0.29) is 0 Å². The van der Waals surface area contributed by atoms with Crippen molar-refractivity contribution in [2.45, 2.75) is 0 Å². The van der Waals surface area contributed by atoms with E-state index in [0.717, 1.165) is 0 Å². The maximum Gasteiger partial charge on any atom is 0.288 e. The van der Waals surface area contributed by atoms with Crippen LogP contribution < -0.4 is 4.67 Å². The van der Waals surface area contributed by atoms with Crippen LogP contribution in [0.3, 0.4) is 0 Å². The van der Waals surface area contributed by atoms with E-state index in [1.807, 2.05) is 0 Å². The van der Waals surface area contributed by atoms with Gasteiger partial charge in [-0.1, -0.05) is 0 Å². The van der Waals surface area contributed by atoms with Crippen LogP contribution >= 0.6 is 0 Å². The van der Waals surface area contributed by atoms with Crippen LogP contribution in [-0.4, -0.2) is 24.0 Å². The highest BCUT2D eigenvalue weighted by Gasteiger charge is 2.03. The Hall–Kier alpha value is -1.08.